The van der Waals surface area contributed by atoms with Gasteiger partial charge in [0.1, 0.15) is 11.4 Å². The van der Waals surface area contributed by atoms with Gasteiger partial charge in [-0.2, -0.15) is 0 Å². The fraction of sp³-hybridized carbons (Fsp3) is 0.323. The first-order valence-corrected chi connectivity index (χ1v) is 14.5. The molecule has 0 unspecified atom stereocenters. The Kier molecular flexibility index (Phi) is 6.15. The monoisotopic (exact) mass is 592 g/mol. The number of nitrogens with two attached hydrogens (primary N) is 1. The van der Waals surface area contributed by atoms with E-state index in [4.69, 9.17) is 28.9 Å². The van der Waals surface area contributed by atoms with Crippen molar-refractivity contribution >= 4 is 52.3 Å². The van der Waals surface area contributed by atoms with E-state index < -0.39 is 29.1 Å². The Balaban J connectivity index is 1.39. The van der Waals surface area contributed by atoms with Gasteiger partial charge in [0.2, 0.25) is 17.7 Å². The molecule has 10 heteroatoms. The maximum Gasteiger partial charge on any atom is 0.248 e. The van der Waals surface area contributed by atoms with E-state index >= 15 is 4.39 Å². The van der Waals surface area contributed by atoms with E-state index in [2.05, 4.69) is 10.2 Å². The van der Waals surface area contributed by atoms with Gasteiger partial charge in [-0.1, -0.05) is 41.4 Å². The minimum atomic E-state index is -1.21. The molecule has 41 heavy (non-hydrogen) atoms. The van der Waals surface area contributed by atoms with Crippen LogP contribution in [0.2, 0.25) is 10.0 Å². The molecule has 3 amide bonds. The highest BCUT2D eigenvalue weighted by molar-refractivity contribution is 6.31. The lowest BCUT2D eigenvalue weighted by Crippen LogP contribution is -2.62. The number of carbonyl (C=O) groups excluding carboxylic acids is 3. The number of carbonyl (C=O) groups is 3. The van der Waals surface area contributed by atoms with Crippen LogP contribution < -0.4 is 16.0 Å². The Morgan fingerprint density at radius 2 is 1.83 bits per heavy atom. The second kappa shape index (κ2) is 9.54. The minimum absolute atomic E-state index is 0.0532. The van der Waals surface area contributed by atoms with Crippen LogP contribution in [0.25, 0.3) is 0 Å². The maximum absolute atomic E-state index is 15.9. The van der Waals surface area contributed by atoms with Crippen LogP contribution in [0.4, 0.5) is 15.8 Å². The van der Waals surface area contributed by atoms with Crippen LogP contribution in [-0.4, -0.2) is 47.3 Å². The fourth-order valence-electron chi connectivity index (χ4n) is 7.19. The summed E-state index contributed by atoms with van der Waals surface area (Å²) < 4.78 is 15.9. The van der Waals surface area contributed by atoms with Crippen molar-refractivity contribution < 1.29 is 18.8 Å². The highest BCUT2D eigenvalue weighted by Crippen LogP contribution is 2.58. The fourth-order valence-corrected chi connectivity index (χ4v) is 7.55. The molecule has 7 rings (SSSR count). The van der Waals surface area contributed by atoms with Crippen LogP contribution in [0.5, 0.6) is 0 Å². The summed E-state index contributed by atoms with van der Waals surface area (Å²) >= 11 is 12.5. The van der Waals surface area contributed by atoms with Crippen molar-refractivity contribution in [3.05, 3.63) is 93.2 Å². The number of amides is 3. The summed E-state index contributed by atoms with van der Waals surface area (Å²) in [5.41, 5.74) is 6.94. The van der Waals surface area contributed by atoms with Gasteiger partial charge in [-0.25, -0.2) is 4.39 Å². The lowest BCUT2D eigenvalue weighted by atomic mass is 9.69. The van der Waals surface area contributed by atoms with Gasteiger partial charge in [-0.15, -0.1) is 0 Å². The molecule has 7 nitrogen and oxygen atoms in total. The molecule has 3 N–H and O–H groups in total. The smallest absolute Gasteiger partial charge is 0.248 e. The number of nitrogens with zero attached hydrogens (tertiary/aromatic N) is 2. The van der Waals surface area contributed by atoms with E-state index in [1.165, 1.54) is 6.07 Å². The minimum Gasteiger partial charge on any atom is -0.366 e. The number of hydrogen-bond donors (Lipinski definition) is 2. The standard InChI is InChI=1S/C31H27Cl2FN4O3/c32-19-9-6-18-13-31(30(41)36-23(18)12-19)26(21-2-1-3-22(33)27(21)34)25-24(38(31)14-16-4-5-16)15-37(29(25)40)20-10-7-17(8-11-20)28(35)39/h1-3,6-12,16,24-26H,4-5,13-15H2,(H2,35,39)(H,36,41)/t24-,25+,26-,31+/m0/s1. The molecule has 4 atom stereocenters. The molecule has 4 aliphatic rings. The Morgan fingerprint density at radius 3 is 2.54 bits per heavy atom. The number of likely N-dealkylation sites (tertiary alicyclic amines) is 1. The van der Waals surface area contributed by atoms with Crippen molar-refractivity contribution in [1.29, 1.82) is 0 Å². The summed E-state index contributed by atoms with van der Waals surface area (Å²) in [6.07, 6.45) is 2.39. The topological polar surface area (TPSA) is 95.7 Å². The van der Waals surface area contributed by atoms with Crippen LogP contribution in [-0.2, 0) is 16.0 Å². The third-order valence-corrected chi connectivity index (χ3v) is 9.75. The van der Waals surface area contributed by atoms with Gasteiger partial charge in [0, 0.05) is 53.4 Å². The second-order valence-corrected chi connectivity index (χ2v) is 12.4. The van der Waals surface area contributed by atoms with Gasteiger partial charge in [0.05, 0.1) is 10.9 Å². The molecule has 0 radical (unpaired) electrons. The molecular weight excluding hydrogens is 566 g/mol. The largest absolute Gasteiger partial charge is 0.366 e. The van der Waals surface area contributed by atoms with Crippen LogP contribution >= 0.6 is 23.2 Å². The molecule has 1 spiro atoms. The molecule has 1 saturated carbocycles. The summed E-state index contributed by atoms with van der Waals surface area (Å²) in [5, 5.41) is 3.52. The molecule has 210 valence electrons. The van der Waals surface area contributed by atoms with E-state index in [1.54, 1.807) is 53.4 Å². The van der Waals surface area contributed by atoms with Crippen molar-refractivity contribution in [2.75, 3.05) is 23.3 Å². The summed E-state index contributed by atoms with van der Waals surface area (Å²) in [6.45, 7) is 0.950. The Hall–Kier alpha value is -3.46. The zero-order valence-corrected chi connectivity index (χ0v) is 23.5. The predicted molar refractivity (Wildman–Crippen MR) is 155 cm³/mol. The van der Waals surface area contributed by atoms with Crippen LogP contribution in [0.3, 0.4) is 0 Å². The van der Waals surface area contributed by atoms with Gasteiger partial charge in [0.15, 0.2) is 0 Å². The number of halogens is 3. The SMILES string of the molecule is NC(=O)c1ccc(N2C[C@H]3[C@@H](C2=O)[C@H](c2cccc(Cl)c2F)[C@@]2(Cc4ccc(Cl)cc4NC2=O)N3CC2CC2)cc1. The Bertz CT molecular complexity index is 1610. The first-order chi connectivity index (χ1) is 19.7. The molecule has 0 bridgehead atoms. The normalized spacial score (nSPS) is 27.2. The molecule has 1 aliphatic carbocycles. The molecule has 0 aromatic heterocycles. The van der Waals surface area contributed by atoms with E-state index in [0.717, 1.165) is 18.4 Å². The molecule has 3 fully saturated rings. The molecule has 2 saturated heterocycles. The zero-order valence-electron chi connectivity index (χ0n) is 21.9. The van der Waals surface area contributed by atoms with Crippen molar-refractivity contribution in [2.45, 2.75) is 36.8 Å². The molecular formula is C31H27Cl2FN4O3. The Labute approximate surface area is 246 Å². The third kappa shape index (κ3) is 4.07. The highest BCUT2D eigenvalue weighted by Gasteiger charge is 2.69. The number of nitrogens with one attached hydrogen (secondary N) is 1. The maximum atomic E-state index is 15.9. The average molecular weight is 593 g/mol. The van der Waals surface area contributed by atoms with E-state index in [1.807, 2.05) is 6.07 Å². The quantitative estimate of drug-likeness (QED) is 0.435. The van der Waals surface area contributed by atoms with Gasteiger partial charge in [-0.3, -0.25) is 19.3 Å². The summed E-state index contributed by atoms with van der Waals surface area (Å²) in [7, 11) is 0. The first kappa shape index (κ1) is 26.4. The molecule has 3 heterocycles. The van der Waals surface area contributed by atoms with Gasteiger partial charge < -0.3 is 16.0 Å². The number of primary amides is 1. The second-order valence-electron chi connectivity index (χ2n) is 11.5. The summed E-state index contributed by atoms with van der Waals surface area (Å²) in [4.78, 5) is 44.2. The van der Waals surface area contributed by atoms with Crippen LogP contribution in [0.1, 0.15) is 40.2 Å². The molecule has 3 aliphatic heterocycles. The molecule has 3 aromatic carbocycles. The lowest BCUT2D eigenvalue weighted by molar-refractivity contribution is -0.129. The number of benzene rings is 3. The van der Waals surface area contributed by atoms with Crippen molar-refractivity contribution in [3.8, 4) is 0 Å². The van der Waals surface area contributed by atoms with Gasteiger partial charge >= 0.3 is 0 Å². The number of fused-ring (bicyclic) bond motifs is 2. The predicted octanol–water partition coefficient (Wildman–Crippen LogP) is 5.01. The van der Waals surface area contributed by atoms with Crippen LogP contribution in [0.15, 0.2) is 60.7 Å². The Morgan fingerprint density at radius 1 is 1.07 bits per heavy atom. The van der Waals surface area contributed by atoms with Gasteiger partial charge in [0.25, 0.3) is 0 Å². The first-order valence-electron chi connectivity index (χ1n) is 13.7. The number of hydrogen-bond acceptors (Lipinski definition) is 4. The number of rotatable bonds is 5. The zero-order chi connectivity index (χ0) is 28.6. The van der Waals surface area contributed by atoms with Crippen molar-refractivity contribution in [1.82, 2.24) is 4.90 Å². The van der Waals surface area contributed by atoms with Crippen LogP contribution in [0, 0.1) is 17.7 Å². The third-order valence-electron chi connectivity index (χ3n) is 9.23. The number of anilines is 2. The van der Waals surface area contributed by atoms with Gasteiger partial charge in [-0.05, 0) is 72.4 Å². The van der Waals surface area contributed by atoms with Crippen molar-refractivity contribution in [3.63, 3.8) is 0 Å². The average Bonchev–Trinajstić information content (AvgIpc) is 3.66. The molecule has 3 aromatic rings. The van der Waals surface area contributed by atoms with E-state index in [9.17, 15) is 14.4 Å². The summed E-state index contributed by atoms with van der Waals surface area (Å²) in [5.74, 6) is -2.73. The summed E-state index contributed by atoms with van der Waals surface area (Å²) in [6, 6.07) is 16.4. The van der Waals surface area contributed by atoms with E-state index in [-0.39, 0.29) is 28.4 Å². The van der Waals surface area contributed by atoms with Crippen molar-refractivity contribution in [2.24, 2.45) is 17.6 Å². The highest BCUT2D eigenvalue weighted by atomic mass is 35.5. The lowest BCUT2D eigenvalue weighted by Gasteiger charge is -2.46. The van der Waals surface area contributed by atoms with E-state index in [0.29, 0.717) is 47.4 Å².